The van der Waals surface area contributed by atoms with E-state index in [1.807, 2.05) is 10.7 Å². The second-order valence-electron chi connectivity index (χ2n) is 4.71. The minimum atomic E-state index is -0.185. The number of aryl methyl sites for hydroxylation is 2. The first-order chi connectivity index (χ1) is 9.97. The van der Waals surface area contributed by atoms with Gasteiger partial charge in [-0.25, -0.2) is 0 Å². The highest BCUT2D eigenvalue weighted by Gasteiger charge is 2.19. The molecule has 0 saturated carbocycles. The van der Waals surface area contributed by atoms with Crippen molar-refractivity contribution in [1.29, 1.82) is 0 Å². The lowest BCUT2D eigenvalue weighted by molar-refractivity contribution is 0.578. The van der Waals surface area contributed by atoms with Gasteiger partial charge in [-0.05, 0) is 67.2 Å². The maximum absolute atomic E-state index is 6.35. The van der Waals surface area contributed by atoms with Gasteiger partial charge in [0.1, 0.15) is 0 Å². The highest BCUT2D eigenvalue weighted by molar-refractivity contribution is 9.11. The summed E-state index contributed by atoms with van der Waals surface area (Å²) in [6.07, 6.45) is 3.36. The van der Waals surface area contributed by atoms with Gasteiger partial charge >= 0.3 is 0 Å². The smallest absolute Gasteiger partial charge is 0.0766 e. The van der Waals surface area contributed by atoms with Crippen LogP contribution >= 0.6 is 47.8 Å². The molecule has 2 aromatic rings. The Morgan fingerprint density at radius 2 is 2.00 bits per heavy atom. The summed E-state index contributed by atoms with van der Waals surface area (Å²) in [7, 11) is 0. The molecule has 0 aliphatic heterocycles. The quantitative estimate of drug-likeness (QED) is 0.690. The molecule has 2 N–H and O–H groups in total. The van der Waals surface area contributed by atoms with E-state index in [0.29, 0.717) is 6.42 Å². The van der Waals surface area contributed by atoms with Crippen LogP contribution in [0.2, 0.25) is 0 Å². The van der Waals surface area contributed by atoms with Crippen molar-refractivity contribution in [3.8, 4) is 0 Å². The van der Waals surface area contributed by atoms with Crippen LogP contribution in [0.15, 0.2) is 25.7 Å². The maximum Gasteiger partial charge on any atom is 0.0766 e. The summed E-state index contributed by atoms with van der Waals surface area (Å²) in [6, 6.07) is 1.78. The van der Waals surface area contributed by atoms with Crippen LogP contribution in [0.1, 0.15) is 37.0 Å². The lowest BCUT2D eigenvalue weighted by Crippen LogP contribution is -2.18. The molecular formula is C14H17Br3N4. The fourth-order valence-electron chi connectivity index (χ4n) is 2.22. The summed E-state index contributed by atoms with van der Waals surface area (Å²) in [5.41, 5.74) is 9.40. The number of hydrogen-bond donors (Lipinski definition) is 1. The molecular weight excluding hydrogens is 464 g/mol. The fraction of sp³-hybridized carbons (Fsp3) is 0.429. The third-order valence-electron chi connectivity index (χ3n) is 3.29. The van der Waals surface area contributed by atoms with Crippen LogP contribution in [0, 0.1) is 0 Å². The summed E-state index contributed by atoms with van der Waals surface area (Å²) >= 11 is 10.6. The van der Waals surface area contributed by atoms with E-state index in [9.17, 15) is 0 Å². The number of rotatable bonds is 5. The number of nitrogens with zero attached hydrogens (tertiary/aromatic N) is 3. The number of aromatic nitrogens is 3. The zero-order valence-corrected chi connectivity index (χ0v) is 16.7. The van der Waals surface area contributed by atoms with Gasteiger partial charge in [0.2, 0.25) is 0 Å². The summed E-state index contributed by atoms with van der Waals surface area (Å²) in [5, 5.41) is 4.60. The van der Waals surface area contributed by atoms with Crippen LogP contribution in [0.5, 0.6) is 0 Å². The van der Waals surface area contributed by atoms with E-state index < -0.39 is 0 Å². The Bertz CT molecular complexity index is 639. The lowest BCUT2D eigenvalue weighted by atomic mass is 10.1. The van der Waals surface area contributed by atoms with E-state index in [2.05, 4.69) is 71.7 Å². The second kappa shape index (κ2) is 7.35. The molecule has 0 spiro atoms. The number of nitrogens with two attached hydrogens (primary N) is 1. The van der Waals surface area contributed by atoms with Gasteiger partial charge in [-0.1, -0.05) is 6.92 Å². The Kier molecular flexibility index (Phi) is 5.99. The van der Waals surface area contributed by atoms with Gasteiger partial charge < -0.3 is 5.73 Å². The zero-order chi connectivity index (χ0) is 15.6. The molecule has 0 fully saturated rings. The number of pyridine rings is 1. The Morgan fingerprint density at radius 3 is 2.57 bits per heavy atom. The molecule has 0 aliphatic carbocycles. The summed E-state index contributed by atoms with van der Waals surface area (Å²) < 4.78 is 4.92. The fourth-order valence-corrected chi connectivity index (χ4v) is 4.22. The van der Waals surface area contributed by atoms with Crippen molar-refractivity contribution in [2.24, 2.45) is 5.73 Å². The van der Waals surface area contributed by atoms with Crippen molar-refractivity contribution in [2.45, 2.75) is 39.3 Å². The topological polar surface area (TPSA) is 56.7 Å². The molecule has 0 aliphatic rings. The molecule has 0 radical (unpaired) electrons. The molecule has 2 aromatic heterocycles. The molecule has 2 heterocycles. The van der Waals surface area contributed by atoms with Crippen LogP contribution in [-0.2, 0) is 19.4 Å². The molecule has 2 rings (SSSR count). The molecule has 1 unspecified atom stereocenters. The van der Waals surface area contributed by atoms with Crippen molar-refractivity contribution >= 4 is 47.8 Å². The van der Waals surface area contributed by atoms with Gasteiger partial charge in [0.15, 0.2) is 0 Å². The van der Waals surface area contributed by atoms with Gasteiger partial charge in [0, 0.05) is 28.1 Å². The molecule has 4 nitrogen and oxygen atoms in total. The van der Waals surface area contributed by atoms with Gasteiger partial charge in [0.25, 0.3) is 0 Å². The number of halogens is 3. The van der Waals surface area contributed by atoms with Crippen molar-refractivity contribution in [3.63, 3.8) is 0 Å². The Labute approximate surface area is 149 Å². The van der Waals surface area contributed by atoms with E-state index in [0.717, 1.165) is 43.5 Å². The lowest BCUT2D eigenvalue weighted by Gasteiger charge is -2.14. The monoisotopic (exact) mass is 478 g/mol. The van der Waals surface area contributed by atoms with Crippen LogP contribution in [-0.4, -0.2) is 14.8 Å². The van der Waals surface area contributed by atoms with Crippen LogP contribution in [0.25, 0.3) is 0 Å². The van der Waals surface area contributed by atoms with E-state index in [4.69, 9.17) is 5.73 Å². The van der Waals surface area contributed by atoms with Gasteiger partial charge in [0.05, 0.1) is 27.6 Å². The molecule has 114 valence electrons. The van der Waals surface area contributed by atoms with E-state index in [1.54, 1.807) is 6.20 Å². The van der Waals surface area contributed by atoms with Crippen molar-refractivity contribution in [1.82, 2.24) is 14.8 Å². The van der Waals surface area contributed by atoms with Crippen molar-refractivity contribution in [2.75, 3.05) is 0 Å². The summed E-state index contributed by atoms with van der Waals surface area (Å²) in [6.45, 7) is 5.01. The molecule has 0 saturated heterocycles. The summed E-state index contributed by atoms with van der Waals surface area (Å²) in [5.74, 6) is 0. The van der Waals surface area contributed by atoms with E-state index >= 15 is 0 Å². The zero-order valence-electron chi connectivity index (χ0n) is 11.9. The largest absolute Gasteiger partial charge is 0.322 e. The summed E-state index contributed by atoms with van der Waals surface area (Å²) in [4.78, 5) is 4.42. The Morgan fingerprint density at radius 1 is 1.29 bits per heavy atom. The molecule has 1 atom stereocenters. The highest BCUT2D eigenvalue weighted by atomic mass is 79.9. The highest BCUT2D eigenvalue weighted by Crippen LogP contribution is 2.29. The first-order valence-electron chi connectivity index (χ1n) is 6.78. The first kappa shape index (κ1) is 17.1. The SMILES string of the molecule is CCc1nn(CC)c(CC(N)c2ncc(Br)cc2Br)c1Br. The van der Waals surface area contributed by atoms with Gasteiger partial charge in [-0.15, -0.1) is 0 Å². The molecule has 0 aromatic carbocycles. The standard InChI is InChI=1S/C14H17Br3N4/c1-3-11-13(17)12(21(4-2)20-11)6-10(18)14-9(16)5-8(15)7-19-14/h5,7,10H,3-4,6,18H2,1-2H3. The van der Waals surface area contributed by atoms with Crippen LogP contribution in [0.3, 0.4) is 0 Å². The minimum Gasteiger partial charge on any atom is -0.322 e. The minimum absolute atomic E-state index is 0.185. The second-order valence-corrected chi connectivity index (χ2v) is 7.27. The predicted molar refractivity (Wildman–Crippen MR) is 95.2 cm³/mol. The van der Waals surface area contributed by atoms with Crippen LogP contribution in [0.4, 0.5) is 0 Å². The average Bonchev–Trinajstić information content (AvgIpc) is 2.75. The molecule has 7 heteroatoms. The van der Waals surface area contributed by atoms with Crippen molar-refractivity contribution < 1.29 is 0 Å². The maximum atomic E-state index is 6.35. The molecule has 0 bridgehead atoms. The number of hydrogen-bond acceptors (Lipinski definition) is 3. The predicted octanol–water partition coefficient (Wildman–Crippen LogP) is 4.39. The normalized spacial score (nSPS) is 12.7. The molecule has 21 heavy (non-hydrogen) atoms. The Balaban J connectivity index is 2.31. The van der Waals surface area contributed by atoms with E-state index in [1.165, 1.54) is 0 Å². The van der Waals surface area contributed by atoms with Gasteiger partial charge in [-0.3, -0.25) is 9.67 Å². The molecule has 0 amide bonds. The van der Waals surface area contributed by atoms with Gasteiger partial charge in [-0.2, -0.15) is 5.10 Å². The van der Waals surface area contributed by atoms with E-state index in [-0.39, 0.29) is 6.04 Å². The average molecular weight is 481 g/mol. The van der Waals surface area contributed by atoms with Crippen LogP contribution < -0.4 is 5.73 Å². The first-order valence-corrected chi connectivity index (χ1v) is 9.16. The Hall–Kier alpha value is -0.240. The third kappa shape index (κ3) is 3.75. The third-order valence-corrected chi connectivity index (χ3v) is 5.28. The van der Waals surface area contributed by atoms with Crippen molar-refractivity contribution in [3.05, 3.63) is 42.8 Å².